The fourth-order valence-corrected chi connectivity index (χ4v) is 4.84. The van der Waals surface area contributed by atoms with E-state index in [4.69, 9.17) is 11.6 Å². The number of fused-ring (bicyclic) bond motifs is 1. The maximum absolute atomic E-state index is 13.0. The summed E-state index contributed by atoms with van der Waals surface area (Å²) in [5, 5.41) is 8.64. The second-order valence-electron chi connectivity index (χ2n) is 6.56. The molecular weight excluding hydrogens is 471 g/mol. The largest absolute Gasteiger partial charge is 0.325 e. The lowest BCUT2D eigenvalue weighted by molar-refractivity contribution is -0.113. The number of thioether (sulfide) groups is 1. The monoisotopic (exact) mass is 486 g/mol. The lowest BCUT2D eigenvalue weighted by atomic mass is 10.3. The van der Waals surface area contributed by atoms with Gasteiger partial charge in [0.25, 0.3) is 0 Å². The summed E-state index contributed by atoms with van der Waals surface area (Å²) in [6.07, 6.45) is 0. The van der Waals surface area contributed by atoms with Crippen LogP contribution in [0, 0.1) is 5.82 Å². The number of nitrogens with zero attached hydrogens (tertiary/aromatic N) is 1. The Morgan fingerprint density at radius 2 is 1.72 bits per heavy atom. The third-order valence-electron chi connectivity index (χ3n) is 4.20. The molecule has 0 spiro atoms. The number of amides is 3. The van der Waals surface area contributed by atoms with Crippen molar-refractivity contribution in [2.45, 2.75) is 4.34 Å². The highest BCUT2D eigenvalue weighted by Gasteiger charge is 2.11. The van der Waals surface area contributed by atoms with Crippen LogP contribution in [0.1, 0.15) is 0 Å². The third kappa shape index (κ3) is 5.76. The van der Waals surface area contributed by atoms with Crippen molar-refractivity contribution >= 4 is 73.9 Å². The minimum Gasteiger partial charge on any atom is -0.325 e. The van der Waals surface area contributed by atoms with Gasteiger partial charge in [-0.05, 0) is 54.6 Å². The van der Waals surface area contributed by atoms with Crippen LogP contribution in [-0.4, -0.2) is 22.7 Å². The Morgan fingerprint density at radius 1 is 0.969 bits per heavy atom. The van der Waals surface area contributed by atoms with Gasteiger partial charge >= 0.3 is 6.03 Å². The highest BCUT2D eigenvalue weighted by Crippen LogP contribution is 2.31. The van der Waals surface area contributed by atoms with Crippen LogP contribution in [-0.2, 0) is 4.79 Å². The number of hydrogen-bond donors (Lipinski definition) is 3. The molecule has 0 fully saturated rings. The minimum atomic E-state index is -0.408. The molecule has 3 N–H and O–H groups in total. The molecule has 32 heavy (non-hydrogen) atoms. The van der Waals surface area contributed by atoms with Crippen LogP contribution >= 0.6 is 34.7 Å². The third-order valence-corrected chi connectivity index (χ3v) is 6.69. The van der Waals surface area contributed by atoms with Crippen LogP contribution in [0.3, 0.4) is 0 Å². The number of rotatable bonds is 6. The molecule has 6 nitrogen and oxygen atoms in total. The van der Waals surface area contributed by atoms with E-state index in [9.17, 15) is 14.0 Å². The first kappa shape index (κ1) is 22.1. The molecule has 162 valence electrons. The number of hydrogen-bond acceptors (Lipinski definition) is 5. The van der Waals surface area contributed by atoms with Crippen molar-refractivity contribution in [1.29, 1.82) is 0 Å². The molecule has 0 atom stereocenters. The molecule has 0 aliphatic rings. The molecule has 0 aliphatic heterocycles. The van der Waals surface area contributed by atoms with Crippen molar-refractivity contribution in [2.75, 3.05) is 21.7 Å². The van der Waals surface area contributed by atoms with E-state index in [1.807, 2.05) is 6.07 Å². The van der Waals surface area contributed by atoms with Crippen molar-refractivity contribution in [3.05, 3.63) is 77.6 Å². The van der Waals surface area contributed by atoms with Gasteiger partial charge in [0.1, 0.15) is 5.82 Å². The van der Waals surface area contributed by atoms with Gasteiger partial charge in [0, 0.05) is 11.4 Å². The van der Waals surface area contributed by atoms with Gasteiger partial charge in [-0.1, -0.05) is 35.5 Å². The fourth-order valence-electron chi connectivity index (χ4n) is 2.75. The smallest absolute Gasteiger partial charge is 0.323 e. The molecule has 1 aromatic heterocycles. The second kappa shape index (κ2) is 9.99. The predicted octanol–water partition coefficient (Wildman–Crippen LogP) is 6.46. The van der Waals surface area contributed by atoms with Gasteiger partial charge in [-0.15, -0.1) is 11.3 Å². The Hall–Kier alpha value is -3.14. The molecule has 0 radical (unpaired) electrons. The minimum absolute atomic E-state index is 0.169. The summed E-state index contributed by atoms with van der Waals surface area (Å²) in [7, 11) is 0. The lowest BCUT2D eigenvalue weighted by Crippen LogP contribution is -2.19. The van der Waals surface area contributed by atoms with Crippen molar-refractivity contribution in [2.24, 2.45) is 0 Å². The van der Waals surface area contributed by atoms with E-state index < -0.39 is 6.03 Å². The maximum atomic E-state index is 13.0. The molecule has 1 heterocycles. The summed E-state index contributed by atoms with van der Waals surface area (Å²) in [6.45, 7) is 0. The number of nitrogens with one attached hydrogen (secondary N) is 3. The van der Waals surface area contributed by atoms with Crippen LogP contribution in [0.25, 0.3) is 10.2 Å². The van der Waals surface area contributed by atoms with Gasteiger partial charge in [0.2, 0.25) is 5.91 Å². The van der Waals surface area contributed by atoms with Crippen LogP contribution in [0.5, 0.6) is 0 Å². The number of carbonyl (C=O) groups excluding carboxylic acids is 2. The molecule has 0 aliphatic carbocycles. The number of thiazole rings is 1. The molecule has 0 unspecified atom stereocenters. The molecule has 0 bridgehead atoms. The fraction of sp³-hybridized carbons (Fsp3) is 0.0455. The van der Waals surface area contributed by atoms with Crippen LogP contribution in [0.15, 0.2) is 71.1 Å². The van der Waals surface area contributed by atoms with Crippen LogP contribution < -0.4 is 16.0 Å². The second-order valence-corrected chi connectivity index (χ2v) is 9.23. The van der Waals surface area contributed by atoms with E-state index >= 15 is 0 Å². The summed E-state index contributed by atoms with van der Waals surface area (Å²) in [6, 6.07) is 17.5. The maximum Gasteiger partial charge on any atom is 0.323 e. The number of anilines is 3. The summed E-state index contributed by atoms with van der Waals surface area (Å²) in [5.74, 6) is -0.399. The number of para-hydroxylation sites is 1. The zero-order valence-electron chi connectivity index (χ0n) is 16.4. The number of aromatic nitrogens is 1. The summed E-state index contributed by atoms with van der Waals surface area (Å²) in [5.41, 5.74) is 2.43. The van der Waals surface area contributed by atoms with Crippen LogP contribution in [0.2, 0.25) is 5.02 Å². The van der Waals surface area contributed by atoms with Gasteiger partial charge in [-0.25, -0.2) is 14.2 Å². The SMILES string of the molecule is O=C(CSc1nc2ccc(NC(=O)Nc3ccccc3Cl)cc2s1)Nc1ccc(F)cc1. The molecule has 3 amide bonds. The quantitative estimate of drug-likeness (QED) is 0.273. The molecule has 0 saturated heterocycles. The molecule has 4 rings (SSSR count). The first-order valence-corrected chi connectivity index (χ1v) is 11.6. The molecular formula is C22H16ClFN4O2S2. The number of carbonyl (C=O) groups is 2. The Morgan fingerprint density at radius 3 is 2.50 bits per heavy atom. The number of halogens is 2. The molecule has 0 saturated carbocycles. The van der Waals surface area contributed by atoms with Crippen molar-refractivity contribution in [1.82, 2.24) is 4.98 Å². The normalized spacial score (nSPS) is 10.7. The molecule has 3 aromatic carbocycles. The average Bonchev–Trinajstić information content (AvgIpc) is 3.18. The Bertz CT molecular complexity index is 1280. The van der Waals surface area contributed by atoms with Crippen LogP contribution in [0.4, 0.5) is 26.2 Å². The van der Waals surface area contributed by atoms with E-state index in [1.165, 1.54) is 47.4 Å². The van der Waals surface area contributed by atoms with Gasteiger partial charge in [0.15, 0.2) is 4.34 Å². The Balaban J connectivity index is 1.35. The summed E-state index contributed by atoms with van der Waals surface area (Å²) in [4.78, 5) is 28.9. The summed E-state index contributed by atoms with van der Waals surface area (Å²) < 4.78 is 14.6. The van der Waals surface area contributed by atoms with E-state index in [0.717, 1.165) is 14.6 Å². The van der Waals surface area contributed by atoms with Crippen molar-refractivity contribution in [3.63, 3.8) is 0 Å². The Labute approximate surface area is 196 Å². The van der Waals surface area contributed by atoms with Gasteiger partial charge < -0.3 is 16.0 Å². The standard InChI is InChI=1S/C22H16ClFN4O2S2/c23-16-3-1-2-4-17(16)27-21(30)26-15-9-10-18-19(11-15)32-22(28-18)31-12-20(29)25-14-7-5-13(24)6-8-14/h1-11H,12H2,(H,25,29)(H2,26,27,30). The van der Waals surface area contributed by atoms with Crippen molar-refractivity contribution in [3.8, 4) is 0 Å². The van der Waals surface area contributed by atoms with Crippen molar-refractivity contribution < 1.29 is 14.0 Å². The van der Waals surface area contributed by atoms with E-state index in [2.05, 4.69) is 20.9 Å². The topological polar surface area (TPSA) is 83.1 Å². The zero-order valence-corrected chi connectivity index (χ0v) is 18.8. The molecule has 4 aromatic rings. The Kier molecular flexibility index (Phi) is 6.89. The van der Waals surface area contributed by atoms with E-state index in [-0.39, 0.29) is 17.5 Å². The van der Waals surface area contributed by atoms with Gasteiger partial charge in [0.05, 0.1) is 26.7 Å². The first-order chi connectivity index (χ1) is 15.5. The van der Waals surface area contributed by atoms with E-state index in [1.54, 1.807) is 36.4 Å². The van der Waals surface area contributed by atoms with E-state index in [0.29, 0.717) is 22.1 Å². The highest BCUT2D eigenvalue weighted by molar-refractivity contribution is 8.01. The van der Waals surface area contributed by atoms with Gasteiger partial charge in [-0.2, -0.15) is 0 Å². The average molecular weight is 487 g/mol. The van der Waals surface area contributed by atoms with Gasteiger partial charge in [-0.3, -0.25) is 4.79 Å². The first-order valence-electron chi connectivity index (χ1n) is 9.37. The predicted molar refractivity (Wildman–Crippen MR) is 129 cm³/mol. The zero-order chi connectivity index (χ0) is 22.5. The molecule has 10 heteroatoms. The highest BCUT2D eigenvalue weighted by atomic mass is 35.5. The number of urea groups is 1. The summed E-state index contributed by atoms with van der Waals surface area (Å²) >= 11 is 8.79. The lowest BCUT2D eigenvalue weighted by Gasteiger charge is -2.08. The number of benzene rings is 3.